The van der Waals surface area contributed by atoms with E-state index < -0.39 is 0 Å². The molecule has 3 rings (SSSR count). The SMILES string of the molecule is O[C@@H]1[C@H](OCc2ccccc2)CC[C@H]1Sc1ccccc1. The first-order valence-electron chi connectivity index (χ1n) is 7.38. The average Bonchev–Trinajstić information content (AvgIpc) is 2.88. The summed E-state index contributed by atoms with van der Waals surface area (Å²) in [7, 11) is 0. The van der Waals surface area contributed by atoms with E-state index in [9.17, 15) is 5.11 Å². The van der Waals surface area contributed by atoms with Gasteiger partial charge in [0.1, 0.15) is 0 Å². The summed E-state index contributed by atoms with van der Waals surface area (Å²) < 4.78 is 5.91. The Labute approximate surface area is 130 Å². The van der Waals surface area contributed by atoms with Crippen molar-refractivity contribution in [2.24, 2.45) is 0 Å². The third kappa shape index (κ3) is 3.88. The minimum absolute atomic E-state index is 0.0496. The molecule has 0 heterocycles. The molecule has 0 radical (unpaired) electrons. The van der Waals surface area contributed by atoms with Crippen LogP contribution in [0.1, 0.15) is 18.4 Å². The average molecular weight is 300 g/mol. The molecular weight excluding hydrogens is 280 g/mol. The van der Waals surface area contributed by atoms with Crippen LogP contribution < -0.4 is 0 Å². The Bertz CT molecular complexity index is 544. The molecule has 1 N–H and O–H groups in total. The lowest BCUT2D eigenvalue weighted by Gasteiger charge is -2.20. The van der Waals surface area contributed by atoms with Gasteiger partial charge >= 0.3 is 0 Å². The zero-order valence-electron chi connectivity index (χ0n) is 11.9. The second-order valence-corrected chi connectivity index (χ2v) is 6.68. The van der Waals surface area contributed by atoms with Crippen molar-refractivity contribution in [3.05, 3.63) is 66.2 Å². The number of ether oxygens (including phenoxy) is 1. The van der Waals surface area contributed by atoms with Crippen molar-refractivity contribution < 1.29 is 9.84 Å². The summed E-state index contributed by atoms with van der Waals surface area (Å²) in [6.07, 6.45) is 1.49. The molecule has 0 amide bonds. The molecule has 0 saturated heterocycles. The number of hydrogen-bond acceptors (Lipinski definition) is 3. The molecule has 0 unspecified atom stereocenters. The molecule has 0 aromatic heterocycles. The quantitative estimate of drug-likeness (QED) is 0.908. The molecular formula is C18H20O2S. The summed E-state index contributed by atoms with van der Waals surface area (Å²) in [5.41, 5.74) is 1.16. The number of aliphatic hydroxyl groups excluding tert-OH is 1. The summed E-state index contributed by atoms with van der Waals surface area (Å²) in [5, 5.41) is 10.7. The van der Waals surface area contributed by atoms with Crippen LogP contribution in [0.2, 0.25) is 0 Å². The van der Waals surface area contributed by atoms with Crippen molar-refractivity contribution >= 4 is 11.8 Å². The highest BCUT2D eigenvalue weighted by molar-refractivity contribution is 8.00. The van der Waals surface area contributed by atoms with Gasteiger partial charge in [-0.2, -0.15) is 0 Å². The van der Waals surface area contributed by atoms with Gasteiger partial charge in [0.15, 0.2) is 0 Å². The Kier molecular flexibility index (Phi) is 4.96. The van der Waals surface area contributed by atoms with Crippen molar-refractivity contribution in [1.82, 2.24) is 0 Å². The maximum absolute atomic E-state index is 10.4. The van der Waals surface area contributed by atoms with Gasteiger partial charge in [-0.25, -0.2) is 0 Å². The Morgan fingerprint density at radius 1 is 0.952 bits per heavy atom. The lowest BCUT2D eigenvalue weighted by Crippen LogP contribution is -2.29. The monoisotopic (exact) mass is 300 g/mol. The van der Waals surface area contributed by atoms with Gasteiger partial charge in [0.2, 0.25) is 0 Å². The van der Waals surface area contributed by atoms with Gasteiger partial charge < -0.3 is 9.84 Å². The highest BCUT2D eigenvalue weighted by atomic mass is 32.2. The number of hydrogen-bond donors (Lipinski definition) is 1. The van der Waals surface area contributed by atoms with Crippen LogP contribution in [0.4, 0.5) is 0 Å². The Hall–Kier alpha value is -1.29. The standard InChI is InChI=1S/C18H20O2S/c19-18-16(20-13-14-7-3-1-4-8-14)11-12-17(18)21-15-9-5-2-6-10-15/h1-10,16-19H,11-13H2/t16-,17-,18-/m1/s1. The van der Waals surface area contributed by atoms with Crippen LogP contribution in [-0.2, 0) is 11.3 Å². The van der Waals surface area contributed by atoms with E-state index >= 15 is 0 Å². The van der Waals surface area contributed by atoms with E-state index in [1.54, 1.807) is 11.8 Å². The van der Waals surface area contributed by atoms with Crippen LogP contribution >= 0.6 is 11.8 Å². The molecule has 1 aliphatic carbocycles. The van der Waals surface area contributed by atoms with Crippen LogP contribution in [0.25, 0.3) is 0 Å². The maximum atomic E-state index is 10.4. The zero-order chi connectivity index (χ0) is 14.5. The molecule has 1 fully saturated rings. The first-order chi connectivity index (χ1) is 10.3. The Morgan fingerprint density at radius 3 is 2.33 bits per heavy atom. The molecule has 2 aromatic carbocycles. The van der Waals surface area contributed by atoms with Crippen LogP contribution in [0, 0.1) is 0 Å². The van der Waals surface area contributed by atoms with Crippen molar-refractivity contribution in [2.45, 2.75) is 41.8 Å². The number of thioether (sulfide) groups is 1. The van der Waals surface area contributed by atoms with Crippen molar-refractivity contribution in [3.63, 3.8) is 0 Å². The van der Waals surface area contributed by atoms with E-state index in [0.717, 1.165) is 18.4 Å². The fourth-order valence-corrected chi connectivity index (χ4v) is 3.90. The van der Waals surface area contributed by atoms with Gasteiger partial charge in [-0.3, -0.25) is 0 Å². The van der Waals surface area contributed by atoms with Crippen LogP contribution in [0.15, 0.2) is 65.6 Å². The largest absolute Gasteiger partial charge is 0.389 e. The predicted octanol–water partition coefficient (Wildman–Crippen LogP) is 3.89. The Balaban J connectivity index is 1.53. The van der Waals surface area contributed by atoms with Crippen LogP contribution in [0.3, 0.4) is 0 Å². The predicted molar refractivity (Wildman–Crippen MR) is 86.3 cm³/mol. The second kappa shape index (κ2) is 7.12. The van der Waals surface area contributed by atoms with E-state index in [4.69, 9.17) is 4.74 Å². The summed E-state index contributed by atoms with van der Waals surface area (Å²) in [6.45, 7) is 0.575. The minimum Gasteiger partial charge on any atom is -0.389 e. The summed E-state index contributed by atoms with van der Waals surface area (Å²) in [6, 6.07) is 20.4. The van der Waals surface area contributed by atoms with Gasteiger partial charge in [-0.15, -0.1) is 11.8 Å². The molecule has 2 aromatic rings. The van der Waals surface area contributed by atoms with Gasteiger partial charge in [0.05, 0.1) is 18.8 Å². The number of rotatable bonds is 5. The molecule has 21 heavy (non-hydrogen) atoms. The summed E-state index contributed by atoms with van der Waals surface area (Å²) >= 11 is 1.75. The van der Waals surface area contributed by atoms with Crippen molar-refractivity contribution in [1.29, 1.82) is 0 Å². The van der Waals surface area contributed by atoms with Gasteiger partial charge in [-0.05, 0) is 30.5 Å². The van der Waals surface area contributed by atoms with Gasteiger partial charge in [0, 0.05) is 10.1 Å². The highest BCUT2D eigenvalue weighted by Crippen LogP contribution is 2.36. The van der Waals surface area contributed by atoms with Crippen LogP contribution in [0.5, 0.6) is 0 Å². The molecule has 0 aliphatic heterocycles. The van der Waals surface area contributed by atoms with E-state index in [2.05, 4.69) is 24.3 Å². The highest BCUT2D eigenvalue weighted by Gasteiger charge is 2.35. The van der Waals surface area contributed by atoms with Gasteiger partial charge in [-0.1, -0.05) is 48.5 Å². The summed E-state index contributed by atoms with van der Waals surface area (Å²) in [5.74, 6) is 0. The molecule has 1 aliphatic rings. The lowest BCUT2D eigenvalue weighted by molar-refractivity contribution is -0.0258. The number of benzene rings is 2. The smallest absolute Gasteiger partial charge is 0.0923 e. The maximum Gasteiger partial charge on any atom is 0.0923 e. The summed E-state index contributed by atoms with van der Waals surface area (Å²) in [4.78, 5) is 1.21. The molecule has 1 saturated carbocycles. The normalized spacial score (nSPS) is 25.1. The lowest BCUT2D eigenvalue weighted by atomic mass is 10.2. The topological polar surface area (TPSA) is 29.5 Å². The third-order valence-electron chi connectivity index (χ3n) is 3.84. The van der Waals surface area contributed by atoms with Gasteiger partial charge in [0.25, 0.3) is 0 Å². The Morgan fingerprint density at radius 2 is 1.62 bits per heavy atom. The van der Waals surface area contributed by atoms with E-state index in [1.165, 1.54) is 4.90 Å². The molecule has 0 bridgehead atoms. The van der Waals surface area contributed by atoms with E-state index in [1.807, 2.05) is 36.4 Å². The first kappa shape index (κ1) is 14.6. The fourth-order valence-electron chi connectivity index (χ4n) is 2.67. The molecule has 3 atom stereocenters. The molecule has 110 valence electrons. The molecule has 0 spiro atoms. The third-order valence-corrected chi connectivity index (χ3v) is 5.20. The molecule has 2 nitrogen and oxygen atoms in total. The van der Waals surface area contributed by atoms with Crippen molar-refractivity contribution in [3.8, 4) is 0 Å². The second-order valence-electron chi connectivity index (χ2n) is 5.37. The minimum atomic E-state index is -0.390. The van der Waals surface area contributed by atoms with Crippen LogP contribution in [-0.4, -0.2) is 22.6 Å². The fraction of sp³-hybridized carbons (Fsp3) is 0.333. The van der Waals surface area contributed by atoms with E-state index in [-0.39, 0.29) is 17.5 Å². The van der Waals surface area contributed by atoms with Crippen molar-refractivity contribution in [2.75, 3.05) is 0 Å². The zero-order valence-corrected chi connectivity index (χ0v) is 12.7. The number of aliphatic hydroxyl groups is 1. The molecule has 3 heteroatoms. The first-order valence-corrected chi connectivity index (χ1v) is 8.26. The van der Waals surface area contributed by atoms with E-state index in [0.29, 0.717) is 6.61 Å².